The summed E-state index contributed by atoms with van der Waals surface area (Å²) in [6.07, 6.45) is 11.2. The number of allylic oxidation sites excluding steroid dienone is 1. The maximum absolute atomic E-state index is 11.6. The van der Waals surface area contributed by atoms with E-state index in [4.69, 9.17) is 39.9 Å². The van der Waals surface area contributed by atoms with Gasteiger partial charge >= 0.3 is 5.97 Å². The van der Waals surface area contributed by atoms with Gasteiger partial charge < -0.3 is 10.4 Å². The summed E-state index contributed by atoms with van der Waals surface area (Å²) in [6, 6.07) is -0.680. The fourth-order valence-corrected chi connectivity index (χ4v) is 2.07. The van der Waals surface area contributed by atoms with Gasteiger partial charge in [-0.3, -0.25) is 9.59 Å². The maximum Gasteiger partial charge on any atom is 0.305 e. The molecule has 7 heteroatoms. The van der Waals surface area contributed by atoms with Crippen LogP contribution in [-0.4, -0.2) is 26.8 Å². The molecule has 0 aliphatic heterocycles. The molecule has 4 nitrogen and oxygen atoms in total. The Hall–Kier alpha value is -0.450. The van der Waals surface area contributed by atoms with Crippen molar-refractivity contribution in [2.45, 2.75) is 68.1 Å². The molecule has 1 atom stereocenters. The van der Waals surface area contributed by atoms with Crippen LogP contribution in [0.15, 0.2) is 12.2 Å². The third-order valence-electron chi connectivity index (χ3n) is 3.06. The topological polar surface area (TPSA) is 66.4 Å². The quantitative estimate of drug-likeness (QED) is 0.316. The Morgan fingerprint density at radius 2 is 1.73 bits per heavy atom. The molecule has 0 heterocycles. The van der Waals surface area contributed by atoms with Crippen molar-refractivity contribution in [3.63, 3.8) is 0 Å². The number of rotatable bonds is 11. The Labute approximate surface area is 147 Å². The number of carboxylic acids is 1. The van der Waals surface area contributed by atoms with Crippen molar-refractivity contribution < 1.29 is 14.7 Å². The van der Waals surface area contributed by atoms with Gasteiger partial charge in [0.2, 0.25) is 0 Å². The van der Waals surface area contributed by atoms with E-state index in [1.54, 1.807) is 6.08 Å². The van der Waals surface area contributed by atoms with Crippen molar-refractivity contribution in [2.75, 3.05) is 0 Å². The Morgan fingerprint density at radius 1 is 1.14 bits per heavy atom. The molecule has 0 aromatic carbocycles. The highest BCUT2D eigenvalue weighted by Crippen LogP contribution is 2.26. The molecule has 0 radical (unpaired) electrons. The van der Waals surface area contributed by atoms with Gasteiger partial charge in [-0.15, -0.1) is 0 Å². The minimum absolute atomic E-state index is 0.251. The summed E-state index contributed by atoms with van der Waals surface area (Å²) in [4.78, 5) is 22.4. The third-order valence-corrected chi connectivity index (χ3v) is 3.58. The predicted octanol–water partition coefficient (Wildman–Crippen LogP) is 4.62. The summed E-state index contributed by atoms with van der Waals surface area (Å²) >= 11 is 16.4. The van der Waals surface area contributed by atoms with Crippen molar-refractivity contribution in [3.05, 3.63) is 12.2 Å². The summed E-state index contributed by atoms with van der Waals surface area (Å²) in [6.45, 7) is 2.18. The first-order chi connectivity index (χ1) is 10.3. The second kappa shape index (κ2) is 12.0. The van der Waals surface area contributed by atoms with Crippen LogP contribution in [0.2, 0.25) is 0 Å². The lowest BCUT2D eigenvalue weighted by molar-refractivity contribution is -0.137. The fraction of sp³-hybridized carbons (Fsp3) is 0.733. The second-order valence-electron chi connectivity index (χ2n) is 5.16. The van der Waals surface area contributed by atoms with E-state index in [-0.39, 0.29) is 6.42 Å². The minimum Gasteiger partial charge on any atom is -0.481 e. The highest BCUT2D eigenvalue weighted by Gasteiger charge is 2.32. The Kier molecular flexibility index (Phi) is 11.8. The number of halogens is 3. The monoisotopic (exact) mass is 371 g/mol. The molecule has 22 heavy (non-hydrogen) atoms. The molecule has 0 aromatic heterocycles. The van der Waals surface area contributed by atoms with Gasteiger partial charge in [0, 0.05) is 0 Å². The summed E-state index contributed by atoms with van der Waals surface area (Å²) < 4.78 is -2.09. The van der Waals surface area contributed by atoms with Gasteiger partial charge in [0.1, 0.15) is 0 Å². The number of aliphatic carboxylic acids is 1. The standard InChI is InChI=1S/C15H24Cl3NO3/c1-2-3-4-5-6-7-8-9-10-12(11-13(20)21)19-14(22)15(16,17)18/h9-10,12H,2-8,11H2,1H3,(H,19,22)(H,20,21)/b10-9+/t12-/m1/s1. The summed E-state index contributed by atoms with van der Waals surface area (Å²) in [5, 5.41) is 11.2. The van der Waals surface area contributed by atoms with E-state index in [0.29, 0.717) is 0 Å². The predicted molar refractivity (Wildman–Crippen MR) is 91.6 cm³/mol. The zero-order valence-electron chi connectivity index (χ0n) is 12.8. The highest BCUT2D eigenvalue weighted by atomic mass is 35.6. The average Bonchev–Trinajstić information content (AvgIpc) is 2.39. The summed E-state index contributed by atoms with van der Waals surface area (Å²) in [7, 11) is 0. The van der Waals surface area contributed by atoms with Gasteiger partial charge in [0.25, 0.3) is 9.70 Å². The van der Waals surface area contributed by atoms with Crippen molar-refractivity contribution >= 4 is 46.7 Å². The molecule has 0 saturated carbocycles. The molecule has 0 bridgehead atoms. The molecule has 0 saturated heterocycles. The van der Waals surface area contributed by atoms with E-state index in [1.165, 1.54) is 25.7 Å². The average molecular weight is 373 g/mol. The zero-order valence-corrected chi connectivity index (χ0v) is 15.1. The van der Waals surface area contributed by atoms with Crippen molar-refractivity contribution in [1.29, 1.82) is 0 Å². The first-order valence-electron chi connectivity index (χ1n) is 7.53. The number of hydrogen-bond acceptors (Lipinski definition) is 2. The Bertz CT molecular complexity index is 368. The Balaban J connectivity index is 4.16. The lowest BCUT2D eigenvalue weighted by Crippen LogP contribution is -2.41. The van der Waals surface area contributed by atoms with Gasteiger partial charge in [-0.25, -0.2) is 0 Å². The largest absolute Gasteiger partial charge is 0.481 e. The van der Waals surface area contributed by atoms with E-state index >= 15 is 0 Å². The van der Waals surface area contributed by atoms with Crippen LogP contribution in [0, 0.1) is 0 Å². The third kappa shape index (κ3) is 12.1. The van der Waals surface area contributed by atoms with E-state index < -0.39 is 21.7 Å². The molecule has 1 amide bonds. The van der Waals surface area contributed by atoms with E-state index in [0.717, 1.165) is 19.3 Å². The SMILES string of the molecule is CCCCCCCC/C=C/[C@H](CC(=O)O)NC(=O)C(Cl)(Cl)Cl. The number of carbonyl (C=O) groups is 2. The molecule has 0 aliphatic rings. The van der Waals surface area contributed by atoms with Crippen LogP contribution in [0.5, 0.6) is 0 Å². The number of unbranched alkanes of at least 4 members (excludes halogenated alkanes) is 6. The summed E-state index contributed by atoms with van der Waals surface area (Å²) in [5.41, 5.74) is 0. The maximum atomic E-state index is 11.6. The second-order valence-corrected chi connectivity index (χ2v) is 7.44. The molecule has 128 valence electrons. The lowest BCUT2D eigenvalue weighted by Gasteiger charge is -2.17. The number of amides is 1. The molecule has 0 aromatic rings. The first kappa shape index (κ1) is 21.6. The smallest absolute Gasteiger partial charge is 0.305 e. The van der Waals surface area contributed by atoms with Crippen molar-refractivity contribution in [3.8, 4) is 0 Å². The molecule has 2 N–H and O–H groups in total. The van der Waals surface area contributed by atoms with Crippen molar-refractivity contribution in [2.24, 2.45) is 0 Å². The molecular weight excluding hydrogens is 349 g/mol. The van der Waals surface area contributed by atoms with Gasteiger partial charge in [0.15, 0.2) is 0 Å². The number of nitrogens with one attached hydrogen (secondary N) is 1. The molecule has 0 rings (SSSR count). The van der Waals surface area contributed by atoms with Crippen LogP contribution in [0.3, 0.4) is 0 Å². The summed E-state index contributed by atoms with van der Waals surface area (Å²) in [5.74, 6) is -1.85. The van der Waals surface area contributed by atoms with Crippen LogP contribution in [0.4, 0.5) is 0 Å². The molecule has 0 spiro atoms. The molecule has 0 fully saturated rings. The highest BCUT2D eigenvalue weighted by molar-refractivity contribution is 6.76. The van der Waals surface area contributed by atoms with Crippen LogP contribution in [-0.2, 0) is 9.59 Å². The van der Waals surface area contributed by atoms with Crippen molar-refractivity contribution in [1.82, 2.24) is 5.32 Å². The van der Waals surface area contributed by atoms with E-state index in [2.05, 4.69) is 12.2 Å². The fourth-order valence-electron chi connectivity index (χ4n) is 1.91. The van der Waals surface area contributed by atoms with Gasteiger partial charge in [0.05, 0.1) is 12.5 Å². The van der Waals surface area contributed by atoms with Gasteiger partial charge in [-0.05, 0) is 12.8 Å². The molecule has 0 aliphatic carbocycles. The van der Waals surface area contributed by atoms with E-state index in [9.17, 15) is 9.59 Å². The van der Waals surface area contributed by atoms with Crippen LogP contribution in [0.25, 0.3) is 0 Å². The minimum atomic E-state index is -2.09. The molecular formula is C15H24Cl3NO3. The first-order valence-corrected chi connectivity index (χ1v) is 8.67. The Morgan fingerprint density at radius 3 is 2.27 bits per heavy atom. The number of carboxylic acid groups (broad SMARTS) is 1. The molecule has 0 unspecified atom stereocenters. The number of alkyl halides is 3. The van der Waals surface area contributed by atoms with Crippen LogP contribution < -0.4 is 5.32 Å². The number of hydrogen-bond donors (Lipinski definition) is 2. The van der Waals surface area contributed by atoms with Gasteiger partial charge in [-0.1, -0.05) is 86.0 Å². The van der Waals surface area contributed by atoms with Crippen LogP contribution in [0.1, 0.15) is 58.3 Å². The zero-order chi connectivity index (χ0) is 17.0. The lowest BCUT2D eigenvalue weighted by atomic mass is 10.1. The van der Waals surface area contributed by atoms with E-state index in [1.807, 2.05) is 6.08 Å². The number of carbonyl (C=O) groups excluding carboxylic acids is 1. The van der Waals surface area contributed by atoms with Crippen LogP contribution >= 0.6 is 34.8 Å². The van der Waals surface area contributed by atoms with Gasteiger partial charge in [-0.2, -0.15) is 0 Å². The normalized spacial score (nSPS) is 13.3.